The number of nitrogens with zero attached hydrogens (tertiary/aromatic N) is 3. The Morgan fingerprint density at radius 3 is 2.26 bits per heavy atom. The standard InChI is InChI=1S/C18H12N4O9/c23-14(19-11-5-1-2-6-12(11)21(27)28)9-31-15(24)8-20-17(25)10-4-3-7-13(22(29)30)16(10)18(20)26/h1-7H,8-9H2,(H,19,23). The zero-order chi connectivity index (χ0) is 22.7. The van der Waals surface area contributed by atoms with Crippen molar-refractivity contribution in [3.63, 3.8) is 0 Å². The van der Waals surface area contributed by atoms with Gasteiger partial charge in [0.1, 0.15) is 17.8 Å². The number of amides is 3. The lowest BCUT2D eigenvalue weighted by atomic mass is 10.1. The quantitative estimate of drug-likeness (QED) is 0.294. The van der Waals surface area contributed by atoms with E-state index < -0.39 is 57.9 Å². The molecule has 0 bridgehead atoms. The number of benzene rings is 2. The molecule has 0 fully saturated rings. The van der Waals surface area contributed by atoms with Gasteiger partial charge in [0.15, 0.2) is 6.61 Å². The van der Waals surface area contributed by atoms with Gasteiger partial charge in [-0.25, -0.2) is 0 Å². The summed E-state index contributed by atoms with van der Waals surface area (Å²) in [6.45, 7) is -1.71. The van der Waals surface area contributed by atoms with Gasteiger partial charge >= 0.3 is 5.97 Å². The van der Waals surface area contributed by atoms with Gasteiger partial charge in [0, 0.05) is 12.1 Å². The van der Waals surface area contributed by atoms with Gasteiger partial charge in [-0.2, -0.15) is 0 Å². The van der Waals surface area contributed by atoms with Gasteiger partial charge in [0.25, 0.3) is 29.1 Å². The number of carbonyl (C=O) groups excluding carboxylic acids is 4. The van der Waals surface area contributed by atoms with Crippen molar-refractivity contribution < 1.29 is 33.8 Å². The van der Waals surface area contributed by atoms with Gasteiger partial charge in [0.05, 0.1) is 15.4 Å². The zero-order valence-electron chi connectivity index (χ0n) is 15.5. The Bertz CT molecular complexity index is 1140. The zero-order valence-corrected chi connectivity index (χ0v) is 15.5. The molecule has 1 aliphatic heterocycles. The maximum Gasteiger partial charge on any atom is 0.326 e. The number of nitro benzene ring substituents is 2. The van der Waals surface area contributed by atoms with Crippen LogP contribution >= 0.6 is 0 Å². The number of rotatable bonds is 7. The van der Waals surface area contributed by atoms with Crippen LogP contribution in [0.1, 0.15) is 20.7 Å². The summed E-state index contributed by atoms with van der Waals surface area (Å²) in [5, 5.41) is 24.2. The van der Waals surface area contributed by atoms with Crippen LogP contribution in [0.25, 0.3) is 0 Å². The third-order valence-corrected chi connectivity index (χ3v) is 4.20. The third-order valence-electron chi connectivity index (χ3n) is 4.20. The molecule has 0 spiro atoms. The summed E-state index contributed by atoms with van der Waals surface area (Å²) in [7, 11) is 0. The van der Waals surface area contributed by atoms with E-state index in [1.165, 1.54) is 36.4 Å². The molecule has 2 aromatic rings. The molecule has 2 aromatic carbocycles. The number of para-hydroxylation sites is 2. The van der Waals surface area contributed by atoms with Crippen LogP contribution in [0.15, 0.2) is 42.5 Å². The highest BCUT2D eigenvalue weighted by atomic mass is 16.6. The molecule has 0 aliphatic carbocycles. The van der Waals surface area contributed by atoms with Crippen molar-refractivity contribution in [2.24, 2.45) is 0 Å². The number of esters is 1. The number of anilines is 1. The first kappa shape index (κ1) is 21.0. The SMILES string of the molecule is O=C(COC(=O)CN1C(=O)c2cccc([N+](=O)[O-])c2C1=O)Nc1ccccc1[N+](=O)[O-]. The van der Waals surface area contributed by atoms with E-state index in [2.05, 4.69) is 5.32 Å². The topological polar surface area (TPSA) is 179 Å². The molecule has 3 amide bonds. The van der Waals surface area contributed by atoms with E-state index in [0.29, 0.717) is 4.90 Å². The van der Waals surface area contributed by atoms with E-state index in [-0.39, 0.29) is 16.9 Å². The van der Waals surface area contributed by atoms with Gasteiger partial charge in [-0.15, -0.1) is 0 Å². The summed E-state index contributed by atoms with van der Waals surface area (Å²) in [5.74, 6) is -3.96. The summed E-state index contributed by atoms with van der Waals surface area (Å²) in [5.41, 5.74) is -1.70. The number of imide groups is 1. The Kier molecular flexibility index (Phi) is 5.67. The second kappa shape index (κ2) is 8.36. The number of nitro groups is 2. The molecule has 0 unspecified atom stereocenters. The molecule has 0 aromatic heterocycles. The maximum absolute atomic E-state index is 12.4. The van der Waals surface area contributed by atoms with Gasteiger partial charge in [-0.05, 0) is 12.1 Å². The fraction of sp³-hybridized carbons (Fsp3) is 0.111. The summed E-state index contributed by atoms with van der Waals surface area (Å²) >= 11 is 0. The molecule has 1 aliphatic rings. The summed E-state index contributed by atoms with van der Waals surface area (Å²) < 4.78 is 4.71. The Balaban J connectivity index is 1.62. The van der Waals surface area contributed by atoms with Crippen LogP contribution in [0.5, 0.6) is 0 Å². The van der Waals surface area contributed by atoms with Crippen molar-refractivity contribution in [1.29, 1.82) is 0 Å². The van der Waals surface area contributed by atoms with Crippen LogP contribution in [0.3, 0.4) is 0 Å². The van der Waals surface area contributed by atoms with Crippen molar-refractivity contribution in [1.82, 2.24) is 4.90 Å². The summed E-state index contributed by atoms with van der Waals surface area (Å²) in [6.07, 6.45) is 0. The molecule has 3 rings (SSSR count). The van der Waals surface area contributed by atoms with Crippen LogP contribution in [0.4, 0.5) is 17.1 Å². The van der Waals surface area contributed by atoms with Crippen LogP contribution in [-0.4, -0.2) is 51.6 Å². The third kappa shape index (κ3) is 4.19. The summed E-state index contributed by atoms with van der Waals surface area (Å²) in [6, 6.07) is 8.81. The Hall–Kier alpha value is -4.68. The van der Waals surface area contributed by atoms with E-state index in [1.54, 1.807) is 0 Å². The van der Waals surface area contributed by atoms with Gasteiger partial charge in [0.2, 0.25) is 0 Å². The summed E-state index contributed by atoms with van der Waals surface area (Å²) in [4.78, 5) is 69.6. The molecule has 158 valence electrons. The molecule has 1 N–H and O–H groups in total. The highest BCUT2D eigenvalue weighted by molar-refractivity contribution is 6.24. The average Bonchev–Trinajstić information content (AvgIpc) is 2.97. The molecule has 0 saturated carbocycles. The number of fused-ring (bicyclic) bond motifs is 1. The molecule has 0 saturated heterocycles. The molecule has 31 heavy (non-hydrogen) atoms. The molecule has 13 heteroatoms. The molecule has 1 heterocycles. The highest BCUT2D eigenvalue weighted by Crippen LogP contribution is 2.30. The predicted octanol–water partition coefficient (Wildman–Crippen LogP) is 1.28. The van der Waals surface area contributed by atoms with Gasteiger partial charge < -0.3 is 10.1 Å². The van der Waals surface area contributed by atoms with E-state index in [0.717, 1.165) is 6.07 Å². The number of nitrogens with one attached hydrogen (secondary N) is 1. The number of hydrogen-bond acceptors (Lipinski definition) is 9. The minimum absolute atomic E-state index is 0.110. The lowest BCUT2D eigenvalue weighted by Gasteiger charge is -2.13. The minimum Gasteiger partial charge on any atom is -0.454 e. The first-order valence-corrected chi connectivity index (χ1v) is 8.53. The van der Waals surface area contributed by atoms with Gasteiger partial charge in [-0.1, -0.05) is 18.2 Å². The van der Waals surface area contributed by atoms with Crippen molar-refractivity contribution in [3.8, 4) is 0 Å². The molecule has 0 atom stereocenters. The predicted molar refractivity (Wildman–Crippen MR) is 101 cm³/mol. The van der Waals surface area contributed by atoms with Crippen molar-refractivity contribution in [2.45, 2.75) is 0 Å². The van der Waals surface area contributed by atoms with Gasteiger partial charge in [-0.3, -0.25) is 44.3 Å². The first-order chi connectivity index (χ1) is 14.7. The normalized spacial score (nSPS) is 12.3. The van der Waals surface area contributed by atoms with E-state index in [4.69, 9.17) is 4.74 Å². The fourth-order valence-electron chi connectivity index (χ4n) is 2.86. The Morgan fingerprint density at radius 1 is 0.935 bits per heavy atom. The second-order valence-electron chi connectivity index (χ2n) is 6.14. The van der Waals surface area contributed by atoms with Crippen LogP contribution < -0.4 is 5.32 Å². The lowest BCUT2D eigenvalue weighted by Crippen LogP contribution is -2.36. The highest BCUT2D eigenvalue weighted by Gasteiger charge is 2.42. The van der Waals surface area contributed by atoms with Crippen LogP contribution in [0.2, 0.25) is 0 Å². The van der Waals surface area contributed by atoms with E-state index in [1.807, 2.05) is 0 Å². The number of ether oxygens (including phenoxy) is 1. The molecule has 0 radical (unpaired) electrons. The maximum atomic E-state index is 12.4. The number of hydrogen-bond donors (Lipinski definition) is 1. The Morgan fingerprint density at radius 2 is 1.58 bits per heavy atom. The van der Waals surface area contributed by atoms with Crippen molar-refractivity contribution >= 4 is 40.8 Å². The second-order valence-corrected chi connectivity index (χ2v) is 6.14. The van der Waals surface area contributed by atoms with Crippen molar-refractivity contribution in [2.75, 3.05) is 18.5 Å². The van der Waals surface area contributed by atoms with Crippen LogP contribution in [0, 0.1) is 20.2 Å². The minimum atomic E-state index is -1.13. The number of carbonyl (C=O) groups is 4. The Labute approximate surface area is 172 Å². The van der Waals surface area contributed by atoms with Crippen molar-refractivity contribution in [3.05, 3.63) is 73.8 Å². The lowest BCUT2D eigenvalue weighted by molar-refractivity contribution is -0.385. The molecular formula is C18H12N4O9. The largest absolute Gasteiger partial charge is 0.454 e. The molecule has 13 nitrogen and oxygen atoms in total. The average molecular weight is 428 g/mol. The fourth-order valence-corrected chi connectivity index (χ4v) is 2.86. The first-order valence-electron chi connectivity index (χ1n) is 8.53. The monoisotopic (exact) mass is 428 g/mol. The molecular weight excluding hydrogens is 416 g/mol. The smallest absolute Gasteiger partial charge is 0.326 e. The van der Waals surface area contributed by atoms with E-state index >= 15 is 0 Å². The van der Waals surface area contributed by atoms with Crippen LogP contribution in [-0.2, 0) is 14.3 Å². The van der Waals surface area contributed by atoms with E-state index in [9.17, 15) is 39.4 Å².